The van der Waals surface area contributed by atoms with Crippen LogP contribution >= 0.6 is 0 Å². The van der Waals surface area contributed by atoms with Crippen molar-refractivity contribution in [3.8, 4) is 0 Å². The highest BCUT2D eigenvalue weighted by Gasteiger charge is 2.22. The molecule has 0 saturated heterocycles. The molecule has 7 heteroatoms. The molecular weight excluding hydrogens is 288 g/mol. The summed E-state index contributed by atoms with van der Waals surface area (Å²) in [5.41, 5.74) is 0.222. The lowest BCUT2D eigenvalue weighted by atomic mass is 10.1. The molecule has 1 rings (SSSR count). The summed E-state index contributed by atoms with van der Waals surface area (Å²) < 4.78 is 4.64. The van der Waals surface area contributed by atoms with Gasteiger partial charge in [-0.1, -0.05) is 13.0 Å². The first-order valence-electron chi connectivity index (χ1n) is 6.63. The van der Waals surface area contributed by atoms with Gasteiger partial charge in [0.05, 0.1) is 18.0 Å². The van der Waals surface area contributed by atoms with Crippen LogP contribution in [0.3, 0.4) is 0 Å². The number of amides is 1. The standard InChI is InChI=1S/C15H18N2O5/c1-4-9-16(10-11(2)15(19)22-3)14(18)12-5-7-13(8-6-12)17(20)21/h4-8,11H,1,9-10H2,2-3H3. The summed E-state index contributed by atoms with van der Waals surface area (Å²) in [6.45, 7) is 5.68. The molecule has 0 aliphatic carbocycles. The first-order valence-corrected chi connectivity index (χ1v) is 6.63. The van der Waals surface area contributed by atoms with Crippen LogP contribution in [0.1, 0.15) is 17.3 Å². The van der Waals surface area contributed by atoms with Crippen molar-refractivity contribution in [2.75, 3.05) is 20.2 Å². The largest absolute Gasteiger partial charge is 0.469 e. The van der Waals surface area contributed by atoms with E-state index in [2.05, 4.69) is 11.3 Å². The lowest BCUT2D eigenvalue weighted by Crippen LogP contribution is -2.37. The smallest absolute Gasteiger partial charge is 0.310 e. The number of esters is 1. The Morgan fingerprint density at radius 1 is 1.41 bits per heavy atom. The Balaban J connectivity index is 2.90. The number of carbonyl (C=O) groups excluding carboxylic acids is 2. The molecule has 0 aliphatic heterocycles. The second-order valence-corrected chi connectivity index (χ2v) is 4.73. The van der Waals surface area contributed by atoms with Crippen LogP contribution in [0.4, 0.5) is 5.69 Å². The van der Waals surface area contributed by atoms with E-state index in [0.717, 1.165) is 0 Å². The Morgan fingerprint density at radius 2 is 2.00 bits per heavy atom. The number of ether oxygens (including phenoxy) is 1. The van der Waals surface area contributed by atoms with Gasteiger partial charge < -0.3 is 9.64 Å². The minimum Gasteiger partial charge on any atom is -0.469 e. The molecule has 0 radical (unpaired) electrons. The molecule has 0 bridgehead atoms. The number of hydrogen-bond donors (Lipinski definition) is 0. The topological polar surface area (TPSA) is 89.8 Å². The van der Waals surface area contributed by atoms with Gasteiger partial charge in [0.2, 0.25) is 0 Å². The number of methoxy groups -OCH3 is 1. The Hall–Kier alpha value is -2.70. The molecule has 0 heterocycles. The normalized spacial score (nSPS) is 11.4. The Kier molecular flexibility index (Phi) is 6.25. The fourth-order valence-corrected chi connectivity index (χ4v) is 1.91. The number of nitrogens with zero attached hydrogens (tertiary/aromatic N) is 2. The molecule has 1 aromatic rings. The quantitative estimate of drug-likeness (QED) is 0.333. The number of non-ortho nitro benzene ring substituents is 1. The van der Waals surface area contributed by atoms with E-state index >= 15 is 0 Å². The van der Waals surface area contributed by atoms with Crippen LogP contribution in [-0.2, 0) is 9.53 Å². The second-order valence-electron chi connectivity index (χ2n) is 4.73. The SMILES string of the molecule is C=CCN(CC(C)C(=O)OC)C(=O)c1ccc([N+](=O)[O-])cc1. The zero-order valence-electron chi connectivity index (χ0n) is 12.5. The fraction of sp³-hybridized carbons (Fsp3) is 0.333. The Bertz CT molecular complexity index is 568. The molecule has 1 aromatic carbocycles. The Labute approximate surface area is 128 Å². The van der Waals surface area contributed by atoms with Crippen molar-refractivity contribution in [2.24, 2.45) is 5.92 Å². The van der Waals surface area contributed by atoms with Crippen LogP contribution in [0, 0.1) is 16.0 Å². The van der Waals surface area contributed by atoms with E-state index in [1.165, 1.54) is 36.3 Å². The van der Waals surface area contributed by atoms with Gasteiger partial charge in [-0.2, -0.15) is 0 Å². The minimum atomic E-state index is -0.533. The van der Waals surface area contributed by atoms with E-state index in [-0.39, 0.29) is 24.7 Å². The number of nitro benzene ring substituents is 1. The third-order valence-electron chi connectivity index (χ3n) is 3.06. The average molecular weight is 306 g/mol. The van der Waals surface area contributed by atoms with Crippen LogP contribution < -0.4 is 0 Å². The highest BCUT2D eigenvalue weighted by molar-refractivity contribution is 5.94. The third-order valence-corrected chi connectivity index (χ3v) is 3.06. The summed E-state index contributed by atoms with van der Waals surface area (Å²) in [7, 11) is 1.29. The first kappa shape index (κ1) is 17.4. The van der Waals surface area contributed by atoms with Gasteiger partial charge in [-0.15, -0.1) is 6.58 Å². The van der Waals surface area contributed by atoms with E-state index in [1.54, 1.807) is 13.0 Å². The highest BCUT2D eigenvalue weighted by Crippen LogP contribution is 2.14. The van der Waals surface area contributed by atoms with E-state index in [9.17, 15) is 19.7 Å². The molecule has 1 atom stereocenters. The van der Waals surface area contributed by atoms with Crippen molar-refractivity contribution in [3.63, 3.8) is 0 Å². The maximum absolute atomic E-state index is 12.4. The zero-order chi connectivity index (χ0) is 16.7. The van der Waals surface area contributed by atoms with Gasteiger partial charge in [0.15, 0.2) is 0 Å². The van der Waals surface area contributed by atoms with Crippen molar-refractivity contribution < 1.29 is 19.2 Å². The molecule has 0 spiro atoms. The van der Waals surface area contributed by atoms with Gasteiger partial charge in [0.1, 0.15) is 0 Å². The molecule has 0 aromatic heterocycles. The third kappa shape index (κ3) is 4.41. The van der Waals surface area contributed by atoms with Gasteiger partial charge in [-0.25, -0.2) is 0 Å². The predicted octanol–water partition coefficient (Wildman–Crippen LogP) is 2.03. The first-order chi connectivity index (χ1) is 10.4. The van der Waals surface area contributed by atoms with Crippen LogP contribution in [0.2, 0.25) is 0 Å². The zero-order valence-corrected chi connectivity index (χ0v) is 12.5. The Morgan fingerprint density at radius 3 is 2.45 bits per heavy atom. The summed E-state index contributed by atoms with van der Waals surface area (Å²) in [6.07, 6.45) is 1.55. The van der Waals surface area contributed by atoms with E-state index in [1.807, 2.05) is 0 Å². The van der Waals surface area contributed by atoms with Gasteiger partial charge in [0.25, 0.3) is 11.6 Å². The highest BCUT2D eigenvalue weighted by atomic mass is 16.6. The van der Waals surface area contributed by atoms with Crippen LogP contribution in [0.5, 0.6) is 0 Å². The van der Waals surface area contributed by atoms with Gasteiger partial charge >= 0.3 is 5.97 Å². The maximum Gasteiger partial charge on any atom is 0.310 e. The number of carbonyl (C=O) groups is 2. The van der Waals surface area contributed by atoms with Gasteiger partial charge in [-0.3, -0.25) is 19.7 Å². The molecule has 0 fully saturated rings. The summed E-state index contributed by atoms with van der Waals surface area (Å²) in [6, 6.07) is 5.31. The van der Waals surface area contributed by atoms with Crippen molar-refractivity contribution in [1.29, 1.82) is 0 Å². The molecule has 1 amide bonds. The molecule has 0 aliphatic rings. The molecule has 0 saturated carbocycles. The summed E-state index contributed by atoms with van der Waals surface area (Å²) >= 11 is 0. The van der Waals surface area contributed by atoms with Crippen molar-refractivity contribution in [3.05, 3.63) is 52.6 Å². The van der Waals surface area contributed by atoms with E-state index in [4.69, 9.17) is 0 Å². The molecule has 118 valence electrons. The summed E-state index contributed by atoms with van der Waals surface area (Å²) in [5.74, 6) is -1.22. The molecule has 1 unspecified atom stereocenters. The van der Waals surface area contributed by atoms with E-state index in [0.29, 0.717) is 5.56 Å². The van der Waals surface area contributed by atoms with Crippen LogP contribution in [0.25, 0.3) is 0 Å². The minimum absolute atomic E-state index is 0.0882. The lowest BCUT2D eigenvalue weighted by Gasteiger charge is -2.23. The van der Waals surface area contributed by atoms with Crippen molar-refractivity contribution in [1.82, 2.24) is 4.90 Å². The molecule has 7 nitrogen and oxygen atoms in total. The molecule has 22 heavy (non-hydrogen) atoms. The monoisotopic (exact) mass is 306 g/mol. The second kappa shape index (κ2) is 7.92. The number of hydrogen-bond acceptors (Lipinski definition) is 5. The predicted molar refractivity (Wildman–Crippen MR) is 80.4 cm³/mol. The maximum atomic E-state index is 12.4. The van der Waals surface area contributed by atoms with Crippen molar-refractivity contribution in [2.45, 2.75) is 6.92 Å². The van der Waals surface area contributed by atoms with Crippen LogP contribution in [-0.4, -0.2) is 41.9 Å². The molecular formula is C15H18N2O5. The van der Waals surface area contributed by atoms with Crippen molar-refractivity contribution >= 4 is 17.6 Å². The van der Waals surface area contributed by atoms with Gasteiger partial charge in [-0.05, 0) is 12.1 Å². The van der Waals surface area contributed by atoms with E-state index < -0.39 is 16.8 Å². The average Bonchev–Trinajstić information content (AvgIpc) is 2.52. The fourth-order valence-electron chi connectivity index (χ4n) is 1.91. The van der Waals surface area contributed by atoms with Crippen LogP contribution in [0.15, 0.2) is 36.9 Å². The number of nitro groups is 1. The summed E-state index contributed by atoms with van der Waals surface area (Å²) in [4.78, 5) is 35.4. The lowest BCUT2D eigenvalue weighted by molar-refractivity contribution is -0.384. The number of benzene rings is 1. The molecule has 0 N–H and O–H groups in total. The van der Waals surface area contributed by atoms with Gasteiger partial charge in [0, 0.05) is 30.8 Å². The summed E-state index contributed by atoms with van der Waals surface area (Å²) in [5, 5.41) is 10.6. The number of rotatable bonds is 7.